The molecule has 1 saturated carbocycles. The van der Waals surface area contributed by atoms with E-state index in [1.54, 1.807) is 0 Å². The molecule has 74 valence electrons. The minimum atomic E-state index is 0.376. The van der Waals surface area contributed by atoms with Crippen molar-refractivity contribution < 1.29 is 4.79 Å². The van der Waals surface area contributed by atoms with Crippen LogP contribution in [0.5, 0.6) is 0 Å². The highest BCUT2D eigenvalue weighted by atomic mass is 16.2. The van der Waals surface area contributed by atoms with Crippen LogP contribution in [0.25, 0.3) is 0 Å². The molecule has 1 aliphatic carbocycles. The Morgan fingerprint density at radius 1 is 1.31 bits per heavy atom. The molecule has 0 spiro atoms. The number of rotatable bonds is 1. The number of piperidine rings is 1. The Kier molecular flexibility index (Phi) is 2.31. The second kappa shape index (κ2) is 3.32. The average Bonchev–Trinajstić information content (AvgIpc) is 2.82. The third-order valence-electron chi connectivity index (χ3n) is 3.51. The monoisotopic (exact) mass is 181 g/mol. The quantitative estimate of drug-likeness (QED) is 0.606. The van der Waals surface area contributed by atoms with Crippen LogP contribution in [0.15, 0.2) is 0 Å². The summed E-state index contributed by atoms with van der Waals surface area (Å²) in [5, 5.41) is 0. The molecule has 2 heteroatoms. The van der Waals surface area contributed by atoms with E-state index in [0.29, 0.717) is 23.8 Å². The third-order valence-corrected chi connectivity index (χ3v) is 3.51. The maximum atomic E-state index is 11.9. The van der Waals surface area contributed by atoms with Crippen molar-refractivity contribution in [3.05, 3.63) is 0 Å². The summed E-state index contributed by atoms with van der Waals surface area (Å²) in [6.07, 6.45) is 4.83. The number of amides is 1. The summed E-state index contributed by atoms with van der Waals surface area (Å²) in [7, 11) is 0. The first-order chi connectivity index (χ1) is 6.20. The predicted molar refractivity (Wildman–Crippen MR) is 52.3 cm³/mol. The van der Waals surface area contributed by atoms with Gasteiger partial charge in [0.2, 0.25) is 5.91 Å². The minimum Gasteiger partial charge on any atom is -0.340 e. The molecule has 0 radical (unpaired) electrons. The molecule has 2 rings (SSSR count). The fourth-order valence-electron chi connectivity index (χ4n) is 2.30. The van der Waals surface area contributed by atoms with Gasteiger partial charge in [0.25, 0.3) is 0 Å². The van der Waals surface area contributed by atoms with Crippen molar-refractivity contribution in [2.24, 2.45) is 11.8 Å². The second-order valence-corrected chi connectivity index (χ2v) is 4.70. The van der Waals surface area contributed by atoms with Crippen molar-refractivity contribution in [2.45, 2.75) is 45.6 Å². The van der Waals surface area contributed by atoms with E-state index in [1.807, 2.05) is 0 Å². The molecule has 13 heavy (non-hydrogen) atoms. The summed E-state index contributed by atoms with van der Waals surface area (Å²) in [5.74, 6) is 1.46. The molecule has 1 unspecified atom stereocenters. The molecule has 2 aliphatic rings. The molecule has 0 aromatic carbocycles. The molecule has 2 nitrogen and oxygen atoms in total. The van der Waals surface area contributed by atoms with Crippen LogP contribution in [0.2, 0.25) is 0 Å². The SMILES string of the molecule is CC1CCCCN1C(=O)[C@H]1C[C@@H]1C. The Bertz CT molecular complexity index is 214. The minimum absolute atomic E-state index is 0.376. The highest BCUT2D eigenvalue weighted by Crippen LogP contribution is 2.40. The van der Waals surface area contributed by atoms with Gasteiger partial charge in [0, 0.05) is 18.5 Å². The van der Waals surface area contributed by atoms with Crippen molar-refractivity contribution in [1.29, 1.82) is 0 Å². The Morgan fingerprint density at radius 2 is 2.00 bits per heavy atom. The zero-order valence-corrected chi connectivity index (χ0v) is 8.62. The normalized spacial score (nSPS) is 38.9. The molecular formula is C11H19NO. The van der Waals surface area contributed by atoms with Crippen LogP contribution in [0, 0.1) is 11.8 Å². The van der Waals surface area contributed by atoms with E-state index < -0.39 is 0 Å². The fraction of sp³-hybridized carbons (Fsp3) is 0.909. The van der Waals surface area contributed by atoms with Crippen molar-refractivity contribution in [3.8, 4) is 0 Å². The summed E-state index contributed by atoms with van der Waals surface area (Å²) in [5.41, 5.74) is 0. The van der Waals surface area contributed by atoms with Gasteiger partial charge >= 0.3 is 0 Å². The lowest BCUT2D eigenvalue weighted by atomic mass is 10.0. The molecule has 1 heterocycles. The van der Waals surface area contributed by atoms with Crippen LogP contribution in [0.3, 0.4) is 0 Å². The van der Waals surface area contributed by atoms with Gasteiger partial charge in [-0.3, -0.25) is 4.79 Å². The van der Waals surface area contributed by atoms with E-state index in [9.17, 15) is 4.79 Å². The number of nitrogens with zero attached hydrogens (tertiary/aromatic N) is 1. The first-order valence-electron chi connectivity index (χ1n) is 5.50. The lowest BCUT2D eigenvalue weighted by Gasteiger charge is -2.33. The van der Waals surface area contributed by atoms with E-state index in [2.05, 4.69) is 18.7 Å². The molecule has 3 atom stereocenters. The van der Waals surface area contributed by atoms with Gasteiger partial charge in [0.15, 0.2) is 0 Å². The first-order valence-corrected chi connectivity index (χ1v) is 5.50. The van der Waals surface area contributed by atoms with Gasteiger partial charge < -0.3 is 4.90 Å². The van der Waals surface area contributed by atoms with Crippen LogP contribution in [-0.2, 0) is 4.79 Å². The Labute approximate surface area is 80.3 Å². The van der Waals surface area contributed by atoms with E-state index >= 15 is 0 Å². The average molecular weight is 181 g/mol. The predicted octanol–water partition coefficient (Wildman–Crippen LogP) is 2.04. The fourth-order valence-corrected chi connectivity index (χ4v) is 2.30. The zero-order valence-electron chi connectivity index (χ0n) is 8.62. The molecule has 1 aliphatic heterocycles. The van der Waals surface area contributed by atoms with Crippen molar-refractivity contribution in [1.82, 2.24) is 4.90 Å². The zero-order chi connectivity index (χ0) is 9.42. The molecule has 1 saturated heterocycles. The number of hydrogen-bond acceptors (Lipinski definition) is 1. The molecular weight excluding hydrogens is 162 g/mol. The third kappa shape index (κ3) is 1.72. The molecule has 0 aromatic heterocycles. The van der Waals surface area contributed by atoms with Gasteiger partial charge in [-0.15, -0.1) is 0 Å². The lowest BCUT2D eigenvalue weighted by molar-refractivity contribution is -0.136. The largest absolute Gasteiger partial charge is 0.340 e. The maximum absolute atomic E-state index is 11.9. The smallest absolute Gasteiger partial charge is 0.226 e. The van der Waals surface area contributed by atoms with Gasteiger partial charge in [0.05, 0.1) is 0 Å². The van der Waals surface area contributed by atoms with Gasteiger partial charge in [-0.05, 0) is 38.5 Å². The summed E-state index contributed by atoms with van der Waals surface area (Å²) >= 11 is 0. The van der Waals surface area contributed by atoms with E-state index in [0.717, 1.165) is 13.0 Å². The Balaban J connectivity index is 1.94. The second-order valence-electron chi connectivity index (χ2n) is 4.70. The van der Waals surface area contributed by atoms with Gasteiger partial charge in [-0.25, -0.2) is 0 Å². The Morgan fingerprint density at radius 3 is 2.54 bits per heavy atom. The van der Waals surface area contributed by atoms with E-state index in [-0.39, 0.29) is 0 Å². The summed E-state index contributed by atoms with van der Waals surface area (Å²) in [6.45, 7) is 5.37. The first kappa shape index (κ1) is 9.04. The van der Waals surface area contributed by atoms with Gasteiger partial charge in [0.1, 0.15) is 0 Å². The summed E-state index contributed by atoms with van der Waals surface area (Å²) in [6, 6.07) is 0.494. The number of hydrogen-bond donors (Lipinski definition) is 0. The van der Waals surface area contributed by atoms with Crippen LogP contribution < -0.4 is 0 Å². The van der Waals surface area contributed by atoms with Crippen LogP contribution in [0.1, 0.15) is 39.5 Å². The van der Waals surface area contributed by atoms with Gasteiger partial charge in [-0.1, -0.05) is 6.92 Å². The highest BCUT2D eigenvalue weighted by Gasteiger charge is 2.42. The lowest BCUT2D eigenvalue weighted by Crippen LogP contribution is -2.43. The number of carbonyl (C=O) groups is 1. The number of carbonyl (C=O) groups excluding carboxylic acids is 1. The molecule has 1 amide bonds. The summed E-state index contributed by atoms with van der Waals surface area (Å²) in [4.78, 5) is 14.0. The van der Waals surface area contributed by atoms with Gasteiger partial charge in [-0.2, -0.15) is 0 Å². The molecule has 0 aromatic rings. The van der Waals surface area contributed by atoms with Crippen molar-refractivity contribution >= 4 is 5.91 Å². The summed E-state index contributed by atoms with van der Waals surface area (Å²) < 4.78 is 0. The standard InChI is InChI=1S/C11H19NO/c1-8-7-10(8)11(13)12-6-4-3-5-9(12)2/h8-10H,3-7H2,1-2H3/t8-,9?,10-/m0/s1. The molecule has 2 fully saturated rings. The molecule has 0 bridgehead atoms. The van der Waals surface area contributed by atoms with Crippen LogP contribution >= 0.6 is 0 Å². The van der Waals surface area contributed by atoms with E-state index in [1.165, 1.54) is 19.3 Å². The van der Waals surface area contributed by atoms with Crippen LogP contribution in [-0.4, -0.2) is 23.4 Å². The highest BCUT2D eigenvalue weighted by molar-refractivity contribution is 5.81. The number of likely N-dealkylation sites (tertiary alicyclic amines) is 1. The topological polar surface area (TPSA) is 20.3 Å². The van der Waals surface area contributed by atoms with Crippen molar-refractivity contribution in [3.63, 3.8) is 0 Å². The molecule has 0 N–H and O–H groups in total. The van der Waals surface area contributed by atoms with E-state index in [4.69, 9.17) is 0 Å². The van der Waals surface area contributed by atoms with Crippen LogP contribution in [0.4, 0.5) is 0 Å². The van der Waals surface area contributed by atoms with Crippen molar-refractivity contribution in [2.75, 3.05) is 6.54 Å². The Hall–Kier alpha value is -0.530. The maximum Gasteiger partial charge on any atom is 0.226 e.